The number of likely N-dealkylation sites (N-methyl/N-ethyl adjacent to an activating group) is 1. The first-order chi connectivity index (χ1) is 8.19. The molecule has 0 bridgehead atoms. The third-order valence-electron chi connectivity index (χ3n) is 4.26. The molecule has 0 aromatic carbocycles. The van der Waals surface area contributed by atoms with Gasteiger partial charge in [0.1, 0.15) is 5.54 Å². The molecular weight excluding hydrogens is 218 g/mol. The van der Waals surface area contributed by atoms with E-state index in [9.17, 15) is 9.90 Å². The molecule has 2 rings (SSSR count). The Morgan fingerprint density at radius 3 is 2.47 bits per heavy atom. The van der Waals surface area contributed by atoms with Gasteiger partial charge in [0, 0.05) is 6.61 Å². The van der Waals surface area contributed by atoms with E-state index in [1.165, 1.54) is 25.7 Å². The second kappa shape index (κ2) is 5.36. The zero-order chi connectivity index (χ0) is 12.3. The maximum atomic E-state index is 11.4. The van der Waals surface area contributed by atoms with E-state index in [1.807, 2.05) is 0 Å². The lowest BCUT2D eigenvalue weighted by Gasteiger charge is -2.29. The van der Waals surface area contributed by atoms with Gasteiger partial charge in [0.25, 0.3) is 0 Å². The third-order valence-corrected chi connectivity index (χ3v) is 4.26. The van der Waals surface area contributed by atoms with Crippen LogP contribution in [0.3, 0.4) is 0 Å². The summed E-state index contributed by atoms with van der Waals surface area (Å²) in [7, 11) is 1.73. The minimum Gasteiger partial charge on any atom is -0.480 e. The number of hydrogen-bond donors (Lipinski definition) is 2. The van der Waals surface area contributed by atoms with Gasteiger partial charge in [-0.15, -0.1) is 0 Å². The largest absolute Gasteiger partial charge is 0.480 e. The molecule has 0 amide bonds. The summed E-state index contributed by atoms with van der Waals surface area (Å²) in [6, 6.07) is 0. The van der Waals surface area contributed by atoms with E-state index in [4.69, 9.17) is 4.74 Å². The van der Waals surface area contributed by atoms with Crippen LogP contribution in [-0.4, -0.2) is 36.9 Å². The van der Waals surface area contributed by atoms with Crippen LogP contribution in [-0.2, 0) is 9.53 Å². The predicted octanol–water partition coefficient (Wildman–Crippen LogP) is 1.65. The summed E-state index contributed by atoms with van der Waals surface area (Å²) in [5.74, 6) is 0.125. The molecule has 0 aliphatic heterocycles. The monoisotopic (exact) mass is 241 g/mol. The summed E-state index contributed by atoms with van der Waals surface area (Å²) in [5.41, 5.74) is -0.849. The van der Waals surface area contributed by atoms with Gasteiger partial charge < -0.3 is 15.2 Å². The normalized spacial score (nSPS) is 24.8. The number of rotatable bonds is 7. The van der Waals surface area contributed by atoms with E-state index in [0.29, 0.717) is 12.5 Å². The highest BCUT2D eigenvalue weighted by Gasteiger charge is 2.50. The van der Waals surface area contributed by atoms with Crippen molar-refractivity contribution in [3.63, 3.8) is 0 Å². The van der Waals surface area contributed by atoms with Crippen LogP contribution in [0.2, 0.25) is 0 Å². The van der Waals surface area contributed by atoms with Crippen LogP contribution in [0.25, 0.3) is 0 Å². The van der Waals surface area contributed by atoms with Gasteiger partial charge in [-0.1, -0.05) is 12.8 Å². The standard InChI is InChI=1S/C13H23NO3/c1-14-13(12(15)16,11-6-7-11)9-17-8-10-4-2-3-5-10/h10-11,14H,2-9H2,1H3,(H,15,16). The fraction of sp³-hybridized carbons (Fsp3) is 0.923. The van der Waals surface area contributed by atoms with E-state index in [0.717, 1.165) is 19.4 Å². The van der Waals surface area contributed by atoms with Gasteiger partial charge in [0.05, 0.1) is 6.61 Å². The second-order valence-electron chi connectivity index (χ2n) is 5.47. The Kier molecular flexibility index (Phi) is 4.05. The number of carbonyl (C=O) groups is 1. The van der Waals surface area contributed by atoms with Gasteiger partial charge in [0.2, 0.25) is 0 Å². The van der Waals surface area contributed by atoms with Crippen LogP contribution in [0.15, 0.2) is 0 Å². The molecule has 0 spiro atoms. The molecule has 2 fully saturated rings. The first-order valence-electron chi connectivity index (χ1n) is 6.69. The average molecular weight is 241 g/mol. The molecule has 4 nitrogen and oxygen atoms in total. The van der Waals surface area contributed by atoms with Crippen molar-refractivity contribution in [2.45, 2.75) is 44.1 Å². The topological polar surface area (TPSA) is 58.6 Å². The molecule has 2 N–H and O–H groups in total. The van der Waals surface area contributed by atoms with Gasteiger partial charge in [-0.05, 0) is 44.6 Å². The van der Waals surface area contributed by atoms with Crippen molar-refractivity contribution >= 4 is 5.97 Å². The lowest BCUT2D eigenvalue weighted by atomic mass is 9.94. The van der Waals surface area contributed by atoms with Gasteiger partial charge in [-0.2, -0.15) is 0 Å². The minimum absolute atomic E-state index is 0.244. The smallest absolute Gasteiger partial charge is 0.326 e. The first-order valence-corrected chi connectivity index (χ1v) is 6.69. The Morgan fingerprint density at radius 1 is 1.35 bits per heavy atom. The van der Waals surface area contributed by atoms with Crippen LogP contribution in [0.1, 0.15) is 38.5 Å². The van der Waals surface area contributed by atoms with E-state index in [-0.39, 0.29) is 5.92 Å². The Bertz CT molecular complexity index is 272. The lowest BCUT2D eigenvalue weighted by Crippen LogP contribution is -2.56. The zero-order valence-corrected chi connectivity index (χ0v) is 10.6. The second-order valence-corrected chi connectivity index (χ2v) is 5.47. The van der Waals surface area contributed by atoms with Crippen molar-refractivity contribution in [2.75, 3.05) is 20.3 Å². The molecule has 1 unspecified atom stereocenters. The van der Waals surface area contributed by atoms with Crippen LogP contribution >= 0.6 is 0 Å². The van der Waals surface area contributed by atoms with Gasteiger partial charge in [0.15, 0.2) is 0 Å². The number of ether oxygens (including phenoxy) is 1. The van der Waals surface area contributed by atoms with Gasteiger partial charge in [-0.25, -0.2) is 0 Å². The highest BCUT2D eigenvalue weighted by Crippen LogP contribution is 2.40. The summed E-state index contributed by atoms with van der Waals surface area (Å²) >= 11 is 0. The Morgan fingerprint density at radius 2 is 2.00 bits per heavy atom. The summed E-state index contributed by atoms with van der Waals surface area (Å²) in [5, 5.41) is 12.4. The summed E-state index contributed by atoms with van der Waals surface area (Å²) in [6.07, 6.45) is 7.07. The van der Waals surface area contributed by atoms with Crippen molar-refractivity contribution in [3.05, 3.63) is 0 Å². The number of aliphatic carboxylic acids is 1. The maximum absolute atomic E-state index is 11.4. The van der Waals surface area contributed by atoms with Crippen LogP contribution < -0.4 is 5.32 Å². The van der Waals surface area contributed by atoms with Crippen molar-refractivity contribution < 1.29 is 14.6 Å². The van der Waals surface area contributed by atoms with Crippen molar-refractivity contribution in [1.29, 1.82) is 0 Å². The molecule has 4 heteroatoms. The average Bonchev–Trinajstić information content (AvgIpc) is 3.03. The molecule has 0 aromatic heterocycles. The first kappa shape index (κ1) is 12.8. The van der Waals surface area contributed by atoms with E-state index in [1.54, 1.807) is 7.05 Å². The highest BCUT2D eigenvalue weighted by atomic mass is 16.5. The molecule has 0 radical (unpaired) electrons. The fourth-order valence-electron chi connectivity index (χ4n) is 2.88. The van der Waals surface area contributed by atoms with E-state index >= 15 is 0 Å². The zero-order valence-electron chi connectivity index (χ0n) is 10.6. The third kappa shape index (κ3) is 2.80. The minimum atomic E-state index is -0.849. The molecule has 0 aromatic rings. The summed E-state index contributed by atoms with van der Waals surface area (Å²) in [6.45, 7) is 1.03. The van der Waals surface area contributed by atoms with Crippen LogP contribution in [0.5, 0.6) is 0 Å². The number of carboxylic acids is 1. The number of carboxylic acid groups (broad SMARTS) is 1. The lowest BCUT2D eigenvalue weighted by molar-refractivity contribution is -0.149. The molecule has 2 aliphatic carbocycles. The van der Waals surface area contributed by atoms with Gasteiger partial charge in [-0.3, -0.25) is 4.79 Å². The molecule has 0 heterocycles. The van der Waals surface area contributed by atoms with Crippen molar-refractivity contribution in [2.24, 2.45) is 11.8 Å². The van der Waals surface area contributed by atoms with Crippen LogP contribution in [0, 0.1) is 11.8 Å². The molecule has 98 valence electrons. The Balaban J connectivity index is 1.82. The Hall–Kier alpha value is -0.610. The molecule has 2 saturated carbocycles. The van der Waals surface area contributed by atoms with Crippen molar-refractivity contribution in [3.8, 4) is 0 Å². The Labute approximate surface area is 103 Å². The SMILES string of the molecule is CNC(COCC1CCCC1)(C(=O)O)C1CC1. The summed E-state index contributed by atoms with van der Waals surface area (Å²) < 4.78 is 5.69. The maximum Gasteiger partial charge on any atom is 0.326 e. The quantitative estimate of drug-likeness (QED) is 0.711. The van der Waals surface area contributed by atoms with Crippen molar-refractivity contribution in [1.82, 2.24) is 5.32 Å². The van der Waals surface area contributed by atoms with E-state index < -0.39 is 11.5 Å². The van der Waals surface area contributed by atoms with Gasteiger partial charge >= 0.3 is 5.97 Å². The van der Waals surface area contributed by atoms with E-state index in [2.05, 4.69) is 5.32 Å². The number of hydrogen-bond acceptors (Lipinski definition) is 3. The van der Waals surface area contributed by atoms with Crippen LogP contribution in [0.4, 0.5) is 0 Å². The molecule has 1 atom stereocenters. The predicted molar refractivity (Wildman–Crippen MR) is 64.9 cm³/mol. The number of nitrogens with one attached hydrogen (secondary N) is 1. The molecule has 0 saturated heterocycles. The molecule has 17 heavy (non-hydrogen) atoms. The fourth-order valence-corrected chi connectivity index (χ4v) is 2.88. The molecular formula is C13H23NO3. The molecule has 2 aliphatic rings. The summed E-state index contributed by atoms with van der Waals surface area (Å²) in [4.78, 5) is 11.4. The highest BCUT2D eigenvalue weighted by molar-refractivity contribution is 5.80.